The van der Waals surface area contributed by atoms with Gasteiger partial charge in [0.2, 0.25) is 11.8 Å². The molecule has 5 heterocycles. The zero-order chi connectivity index (χ0) is 43.1. The first-order chi connectivity index (χ1) is 29.1. The Morgan fingerprint density at radius 1 is 0.803 bits per heavy atom. The minimum atomic E-state index is -0.997. The van der Waals surface area contributed by atoms with Crippen LogP contribution in [0.2, 0.25) is 5.02 Å². The van der Waals surface area contributed by atoms with E-state index in [1.807, 2.05) is 21.9 Å². The second-order valence-corrected chi connectivity index (χ2v) is 18.7. The first-order valence-electron chi connectivity index (χ1n) is 21.0. The number of hydrogen-bond donors (Lipinski definition) is 1. The number of piperidine rings is 2. The van der Waals surface area contributed by atoms with Gasteiger partial charge in [-0.1, -0.05) is 39.3 Å². The van der Waals surface area contributed by atoms with Crippen molar-refractivity contribution < 1.29 is 33.5 Å². The Morgan fingerprint density at radius 3 is 2.16 bits per heavy atom. The van der Waals surface area contributed by atoms with E-state index < -0.39 is 40.5 Å². The van der Waals surface area contributed by atoms with Crippen LogP contribution in [0.5, 0.6) is 5.75 Å². The van der Waals surface area contributed by atoms with Crippen LogP contribution in [0.15, 0.2) is 54.6 Å². The van der Waals surface area contributed by atoms with E-state index >= 15 is 0 Å². The molecule has 6 aliphatic rings. The van der Waals surface area contributed by atoms with Gasteiger partial charge in [0.1, 0.15) is 24.0 Å². The Hall–Kier alpha value is -5.78. The number of nitriles is 1. The van der Waals surface area contributed by atoms with Crippen molar-refractivity contribution in [1.29, 1.82) is 5.26 Å². The molecule has 0 radical (unpaired) electrons. The van der Waals surface area contributed by atoms with E-state index in [9.17, 15) is 34.0 Å². The standard InChI is InChI=1S/C46H48ClN7O7/c1-45(2)43(46(3,4)44(45)61-31-8-5-27(24-48)35(47)23-31)53-25-28-21-26(6-9-32(28)40(53)58)39(57)52-19-17-51(18-20-52)29-13-15-50(16-14-29)30-7-10-33-34(22-30)42(60)54(41(33)59)36-11-12-37(55)49-38(36)56/h5-10,21-23,29,36,43-44H,11-20,25H2,1-4H3,(H,49,55,56)/t36?,43-,44-. The number of hydrogen-bond acceptors (Lipinski definition) is 10. The third-order valence-electron chi connectivity index (χ3n) is 13.9. The van der Waals surface area contributed by atoms with Crippen LogP contribution in [0, 0.1) is 22.2 Å². The first kappa shape index (κ1) is 40.6. The Bertz CT molecular complexity index is 2430. The summed E-state index contributed by atoms with van der Waals surface area (Å²) in [6, 6.07) is 17.1. The molecule has 1 atom stereocenters. The van der Waals surface area contributed by atoms with Gasteiger partial charge in [0.05, 0.1) is 21.7 Å². The van der Waals surface area contributed by atoms with Gasteiger partial charge in [0, 0.05) is 98.0 Å². The van der Waals surface area contributed by atoms with Crippen molar-refractivity contribution in [2.24, 2.45) is 10.8 Å². The van der Waals surface area contributed by atoms with Crippen molar-refractivity contribution in [2.45, 2.75) is 84.2 Å². The van der Waals surface area contributed by atoms with Crippen molar-refractivity contribution >= 4 is 52.7 Å². The molecule has 61 heavy (non-hydrogen) atoms. The van der Waals surface area contributed by atoms with Gasteiger partial charge in [-0.25, -0.2) is 0 Å². The van der Waals surface area contributed by atoms with Gasteiger partial charge in [0.15, 0.2) is 0 Å². The number of imide groups is 2. The second kappa shape index (κ2) is 15.0. The molecule has 0 spiro atoms. The highest BCUT2D eigenvalue weighted by molar-refractivity contribution is 6.31. The summed E-state index contributed by atoms with van der Waals surface area (Å²) in [5.74, 6) is -1.56. The predicted molar refractivity (Wildman–Crippen MR) is 224 cm³/mol. The lowest BCUT2D eigenvalue weighted by molar-refractivity contribution is -0.199. The van der Waals surface area contributed by atoms with Crippen LogP contribution in [0.25, 0.3) is 0 Å². The molecular weight excluding hydrogens is 798 g/mol. The SMILES string of the molecule is CC1(C)[C@H](Oc2ccc(C#N)c(Cl)c2)C(C)(C)[C@H]1N1Cc2cc(C(=O)N3CCN(C4CCN(c5ccc6c(c5)C(=O)N(C5CCC(=O)NC5=O)C6=O)CC4)CC3)ccc2C1=O. The molecule has 15 heteroatoms. The van der Waals surface area contributed by atoms with E-state index in [-0.39, 0.29) is 47.9 Å². The third-order valence-corrected chi connectivity index (χ3v) is 14.3. The van der Waals surface area contributed by atoms with Gasteiger partial charge in [-0.05, 0) is 73.4 Å². The summed E-state index contributed by atoms with van der Waals surface area (Å²) in [5.41, 5.74) is 3.03. The number of nitrogens with one attached hydrogen (secondary N) is 1. The average molecular weight is 846 g/mol. The number of nitrogens with zero attached hydrogens (tertiary/aromatic N) is 6. The molecule has 14 nitrogen and oxygen atoms in total. The molecule has 3 aromatic rings. The lowest BCUT2D eigenvalue weighted by Crippen LogP contribution is -2.74. The number of halogens is 1. The van der Waals surface area contributed by atoms with Crippen LogP contribution in [0.3, 0.4) is 0 Å². The van der Waals surface area contributed by atoms with Gasteiger partial charge in [-0.15, -0.1) is 0 Å². The summed E-state index contributed by atoms with van der Waals surface area (Å²) >= 11 is 6.29. The maximum Gasteiger partial charge on any atom is 0.262 e. The molecule has 6 amide bonds. The minimum absolute atomic E-state index is 0.0391. The second-order valence-electron chi connectivity index (χ2n) is 18.3. The van der Waals surface area contributed by atoms with Crippen LogP contribution < -0.4 is 15.0 Å². The molecule has 1 saturated carbocycles. The highest BCUT2D eigenvalue weighted by Gasteiger charge is 2.67. The van der Waals surface area contributed by atoms with Gasteiger partial charge >= 0.3 is 0 Å². The highest BCUT2D eigenvalue weighted by Crippen LogP contribution is 2.59. The molecule has 0 bridgehead atoms. The zero-order valence-corrected chi connectivity index (χ0v) is 35.5. The number of carbonyl (C=O) groups excluding carboxylic acids is 6. The van der Waals surface area contributed by atoms with Crippen LogP contribution in [-0.4, -0.2) is 119 Å². The summed E-state index contributed by atoms with van der Waals surface area (Å²) < 4.78 is 6.47. The minimum Gasteiger partial charge on any atom is -0.489 e. The number of carbonyl (C=O) groups is 6. The lowest BCUT2D eigenvalue weighted by atomic mass is 9.49. The number of ether oxygens (including phenoxy) is 1. The smallest absolute Gasteiger partial charge is 0.262 e. The maximum atomic E-state index is 13.9. The molecule has 3 saturated heterocycles. The van der Waals surface area contributed by atoms with Gasteiger partial charge in [0.25, 0.3) is 23.6 Å². The summed E-state index contributed by atoms with van der Waals surface area (Å²) in [7, 11) is 0. The fourth-order valence-electron chi connectivity index (χ4n) is 11.3. The topological polar surface area (TPSA) is 164 Å². The monoisotopic (exact) mass is 845 g/mol. The van der Waals surface area contributed by atoms with Crippen molar-refractivity contribution in [3.8, 4) is 11.8 Å². The molecule has 316 valence electrons. The van der Waals surface area contributed by atoms with E-state index in [2.05, 4.69) is 48.9 Å². The fourth-order valence-corrected chi connectivity index (χ4v) is 11.5. The zero-order valence-electron chi connectivity index (χ0n) is 34.7. The van der Waals surface area contributed by atoms with Crippen molar-refractivity contribution in [2.75, 3.05) is 44.2 Å². The van der Waals surface area contributed by atoms with Gasteiger partial charge in [-0.3, -0.25) is 43.9 Å². The summed E-state index contributed by atoms with van der Waals surface area (Å²) in [6.07, 6.45) is 1.78. The molecule has 1 N–H and O–H groups in total. The van der Waals surface area contributed by atoms with Crippen molar-refractivity contribution in [3.05, 3.63) is 93.0 Å². The number of amides is 6. The molecule has 9 rings (SSSR count). The van der Waals surface area contributed by atoms with Gasteiger partial charge < -0.3 is 19.4 Å². The number of anilines is 1. The Morgan fingerprint density at radius 2 is 1.49 bits per heavy atom. The van der Waals surface area contributed by atoms with E-state index in [0.717, 1.165) is 55.2 Å². The summed E-state index contributed by atoms with van der Waals surface area (Å²) in [5, 5.41) is 11.8. The van der Waals surface area contributed by atoms with E-state index in [1.165, 1.54) is 0 Å². The van der Waals surface area contributed by atoms with Crippen LogP contribution in [0.1, 0.15) is 106 Å². The lowest BCUT2D eigenvalue weighted by Gasteiger charge is -2.65. The Balaban J connectivity index is 0.782. The van der Waals surface area contributed by atoms with Crippen LogP contribution >= 0.6 is 11.6 Å². The molecular formula is C46H48ClN7O7. The predicted octanol–water partition coefficient (Wildman–Crippen LogP) is 4.88. The molecule has 1 aliphatic carbocycles. The number of fused-ring (bicyclic) bond motifs is 2. The third kappa shape index (κ3) is 6.73. The molecule has 5 aliphatic heterocycles. The largest absolute Gasteiger partial charge is 0.489 e. The molecule has 0 aromatic heterocycles. The number of rotatable bonds is 7. The van der Waals surface area contributed by atoms with Crippen molar-refractivity contribution in [3.63, 3.8) is 0 Å². The summed E-state index contributed by atoms with van der Waals surface area (Å²) in [6.45, 7) is 13.1. The van der Waals surface area contributed by atoms with Crippen molar-refractivity contribution in [1.82, 2.24) is 24.9 Å². The summed E-state index contributed by atoms with van der Waals surface area (Å²) in [4.78, 5) is 87.9. The highest BCUT2D eigenvalue weighted by atomic mass is 35.5. The first-order valence-corrected chi connectivity index (χ1v) is 21.4. The quantitative estimate of drug-likeness (QED) is 0.325. The van der Waals surface area contributed by atoms with E-state index in [0.29, 0.717) is 53.1 Å². The van der Waals surface area contributed by atoms with E-state index in [4.69, 9.17) is 16.3 Å². The fraction of sp³-hybridized carbons (Fsp3) is 0.457. The van der Waals surface area contributed by atoms with Gasteiger partial charge in [-0.2, -0.15) is 5.26 Å². The maximum absolute atomic E-state index is 13.9. The molecule has 1 unspecified atom stereocenters. The number of piperazine rings is 1. The Labute approximate surface area is 359 Å². The molecule has 4 fully saturated rings. The van der Waals surface area contributed by atoms with Crippen LogP contribution in [0.4, 0.5) is 5.69 Å². The van der Waals surface area contributed by atoms with E-state index in [1.54, 1.807) is 42.5 Å². The average Bonchev–Trinajstić information content (AvgIpc) is 3.69. The number of benzene rings is 3. The normalized spacial score (nSPS) is 24.9. The Kier molecular flexibility index (Phi) is 9.98. The van der Waals surface area contributed by atoms with Crippen LogP contribution in [-0.2, 0) is 16.1 Å². The molecule has 3 aromatic carbocycles.